The summed E-state index contributed by atoms with van der Waals surface area (Å²) in [5.41, 5.74) is 2.60. The van der Waals surface area contributed by atoms with Gasteiger partial charge in [-0.05, 0) is 44.0 Å². The summed E-state index contributed by atoms with van der Waals surface area (Å²) in [6, 6.07) is 19.9. The molecular weight excluding hydrogens is 440 g/mol. The van der Waals surface area contributed by atoms with Crippen LogP contribution in [0.5, 0.6) is 0 Å². The van der Waals surface area contributed by atoms with Crippen molar-refractivity contribution in [3.63, 3.8) is 0 Å². The molecule has 1 atom stereocenters. The van der Waals surface area contributed by atoms with Crippen LogP contribution in [0.2, 0.25) is 0 Å². The molecule has 4 aromatic rings. The van der Waals surface area contributed by atoms with E-state index in [2.05, 4.69) is 20.6 Å². The van der Waals surface area contributed by atoms with Gasteiger partial charge in [-0.2, -0.15) is 0 Å². The molecule has 0 saturated carbocycles. The summed E-state index contributed by atoms with van der Waals surface area (Å²) in [5, 5.41) is 11.5. The molecule has 1 N–H and O–H groups in total. The monoisotopic (exact) mass is 470 g/mol. The Morgan fingerprint density at radius 3 is 2.49 bits per heavy atom. The molecule has 2 aromatic heterocycles. The number of aromatic nitrogens is 4. The minimum atomic E-state index is -0.864. The van der Waals surface area contributed by atoms with Crippen LogP contribution < -0.4 is 5.32 Å². The number of fused-ring (bicyclic) bond motifs is 1. The molecule has 180 valence electrons. The summed E-state index contributed by atoms with van der Waals surface area (Å²) >= 11 is 0. The maximum Gasteiger partial charge on any atom is 0.247 e. The molecule has 35 heavy (non-hydrogen) atoms. The van der Waals surface area contributed by atoms with Crippen molar-refractivity contribution in [1.29, 1.82) is 0 Å². The lowest BCUT2D eigenvalue weighted by molar-refractivity contribution is -0.143. The fourth-order valence-electron chi connectivity index (χ4n) is 3.86. The second kappa shape index (κ2) is 10.5. The smallest absolute Gasteiger partial charge is 0.247 e. The Morgan fingerprint density at radius 1 is 1.03 bits per heavy atom. The van der Waals surface area contributed by atoms with Crippen molar-refractivity contribution < 1.29 is 9.59 Å². The number of amides is 2. The fourth-order valence-corrected chi connectivity index (χ4v) is 3.86. The minimum Gasteiger partial charge on any atom is -0.349 e. The molecule has 2 aromatic carbocycles. The third kappa shape index (κ3) is 5.71. The Labute approximate surface area is 205 Å². The van der Waals surface area contributed by atoms with Crippen LogP contribution in [0.3, 0.4) is 0 Å². The minimum absolute atomic E-state index is 0.0471. The molecule has 0 radical (unpaired) electrons. The third-order valence-corrected chi connectivity index (χ3v) is 6.13. The van der Waals surface area contributed by atoms with Gasteiger partial charge in [0.25, 0.3) is 0 Å². The average molecular weight is 471 g/mol. The van der Waals surface area contributed by atoms with E-state index in [-0.39, 0.29) is 24.9 Å². The van der Waals surface area contributed by atoms with E-state index in [1.54, 1.807) is 28.0 Å². The van der Waals surface area contributed by atoms with E-state index in [1.807, 2.05) is 81.4 Å². The summed E-state index contributed by atoms with van der Waals surface area (Å²) in [6.07, 6.45) is 4.04. The van der Waals surface area contributed by atoms with E-state index in [1.165, 1.54) is 0 Å². The molecule has 4 rings (SSSR count). The number of hydrogen-bond donors (Lipinski definition) is 1. The lowest BCUT2D eigenvalue weighted by Gasteiger charge is -2.34. The Hall–Kier alpha value is -4.07. The van der Waals surface area contributed by atoms with Crippen LogP contribution in [-0.2, 0) is 22.7 Å². The van der Waals surface area contributed by atoms with E-state index >= 15 is 0 Å². The normalized spacial score (nSPS) is 12.3. The van der Waals surface area contributed by atoms with Gasteiger partial charge >= 0.3 is 0 Å². The number of nitrogens with zero attached hydrogens (tertiary/aromatic N) is 5. The van der Waals surface area contributed by atoms with Crippen molar-refractivity contribution >= 4 is 22.8 Å². The molecule has 0 fully saturated rings. The molecule has 8 nitrogen and oxygen atoms in total. The van der Waals surface area contributed by atoms with Gasteiger partial charge in [0.15, 0.2) is 0 Å². The molecule has 2 heterocycles. The highest BCUT2D eigenvalue weighted by Crippen LogP contribution is 2.25. The molecular formula is C27H30N6O2. The van der Waals surface area contributed by atoms with Gasteiger partial charge in [0, 0.05) is 30.0 Å². The molecule has 0 aliphatic rings. The largest absolute Gasteiger partial charge is 0.349 e. The van der Waals surface area contributed by atoms with Gasteiger partial charge in [-0.25, -0.2) is 4.68 Å². The Kier molecular flexibility index (Phi) is 7.19. The van der Waals surface area contributed by atoms with E-state index in [9.17, 15) is 9.59 Å². The van der Waals surface area contributed by atoms with E-state index in [0.29, 0.717) is 11.1 Å². The van der Waals surface area contributed by atoms with Crippen LogP contribution in [0.1, 0.15) is 44.4 Å². The lowest BCUT2D eigenvalue weighted by atomic mass is 9.99. The topological polar surface area (TPSA) is 93.0 Å². The number of rotatable bonds is 9. The van der Waals surface area contributed by atoms with Crippen molar-refractivity contribution in [2.45, 2.75) is 51.9 Å². The van der Waals surface area contributed by atoms with E-state index in [0.717, 1.165) is 17.5 Å². The van der Waals surface area contributed by atoms with Gasteiger partial charge in [0.05, 0.1) is 5.52 Å². The highest BCUT2D eigenvalue weighted by Gasteiger charge is 2.34. The van der Waals surface area contributed by atoms with Crippen molar-refractivity contribution in [1.82, 2.24) is 30.2 Å². The lowest BCUT2D eigenvalue weighted by Crippen LogP contribution is -2.50. The zero-order chi connectivity index (χ0) is 24.8. The second-order valence-electron chi connectivity index (χ2n) is 9.16. The molecule has 0 spiro atoms. The molecule has 8 heteroatoms. The number of nitrogens with one attached hydrogen (secondary N) is 1. The van der Waals surface area contributed by atoms with Crippen LogP contribution in [0.15, 0.2) is 79.1 Å². The average Bonchev–Trinajstić information content (AvgIpc) is 3.27. The maximum atomic E-state index is 13.8. The summed E-state index contributed by atoms with van der Waals surface area (Å²) in [6.45, 7) is 6.16. The van der Waals surface area contributed by atoms with Gasteiger partial charge in [0.2, 0.25) is 11.8 Å². The van der Waals surface area contributed by atoms with Gasteiger partial charge in [-0.3, -0.25) is 14.6 Å². The summed E-state index contributed by atoms with van der Waals surface area (Å²) < 4.78 is 1.57. The zero-order valence-electron chi connectivity index (χ0n) is 20.3. The number of para-hydroxylation sites is 1. The summed E-state index contributed by atoms with van der Waals surface area (Å²) in [5.74, 6) is -0.500. The van der Waals surface area contributed by atoms with Crippen molar-refractivity contribution in [2.75, 3.05) is 0 Å². The van der Waals surface area contributed by atoms with Gasteiger partial charge in [-0.1, -0.05) is 60.7 Å². The maximum absolute atomic E-state index is 13.8. The second-order valence-corrected chi connectivity index (χ2v) is 9.16. The molecule has 0 aliphatic heterocycles. The van der Waals surface area contributed by atoms with Gasteiger partial charge < -0.3 is 10.2 Å². The fraction of sp³-hybridized carbons (Fsp3) is 0.296. The standard InChI is InChI=1S/C27H30N6O2/c1-4-27(2,3)29-26(35)25(21-13-10-16-28-17-21)32(18-20-11-6-5-7-12-20)24(34)19-33-23-15-9-8-14-22(23)30-31-33/h5-17,25H,4,18-19H2,1-3H3,(H,29,35). The van der Waals surface area contributed by atoms with Crippen LogP contribution in [0, 0.1) is 0 Å². The number of pyridine rings is 1. The Balaban J connectivity index is 1.74. The SMILES string of the molecule is CCC(C)(C)NC(=O)C(c1cccnc1)N(Cc1ccccc1)C(=O)Cn1nnc2ccccc21. The summed E-state index contributed by atoms with van der Waals surface area (Å²) in [4.78, 5) is 33.4. The third-order valence-electron chi connectivity index (χ3n) is 6.13. The van der Waals surface area contributed by atoms with Crippen molar-refractivity contribution in [3.05, 3.63) is 90.3 Å². The van der Waals surface area contributed by atoms with Gasteiger partial charge in [-0.15, -0.1) is 5.10 Å². The molecule has 0 bridgehead atoms. The first kappa shape index (κ1) is 24.1. The van der Waals surface area contributed by atoms with E-state index < -0.39 is 11.6 Å². The van der Waals surface area contributed by atoms with E-state index in [4.69, 9.17) is 0 Å². The van der Waals surface area contributed by atoms with Crippen LogP contribution in [0.25, 0.3) is 11.0 Å². The Morgan fingerprint density at radius 2 is 1.77 bits per heavy atom. The first-order chi connectivity index (χ1) is 16.9. The first-order valence-electron chi connectivity index (χ1n) is 11.7. The van der Waals surface area contributed by atoms with Crippen LogP contribution in [0.4, 0.5) is 0 Å². The Bertz CT molecular complexity index is 1290. The first-order valence-corrected chi connectivity index (χ1v) is 11.7. The predicted octanol–water partition coefficient (Wildman–Crippen LogP) is 3.90. The number of carbonyl (C=O) groups is 2. The van der Waals surface area contributed by atoms with Gasteiger partial charge in [0.1, 0.15) is 18.1 Å². The quantitative estimate of drug-likeness (QED) is 0.400. The number of hydrogen-bond acceptors (Lipinski definition) is 5. The molecule has 0 aliphatic carbocycles. The molecule has 2 amide bonds. The van der Waals surface area contributed by atoms with Crippen molar-refractivity contribution in [3.8, 4) is 0 Å². The van der Waals surface area contributed by atoms with Crippen LogP contribution >= 0.6 is 0 Å². The highest BCUT2D eigenvalue weighted by molar-refractivity contribution is 5.89. The van der Waals surface area contributed by atoms with Crippen molar-refractivity contribution in [2.24, 2.45) is 0 Å². The molecule has 1 unspecified atom stereocenters. The highest BCUT2D eigenvalue weighted by atomic mass is 16.2. The number of carbonyl (C=O) groups excluding carboxylic acids is 2. The predicted molar refractivity (Wildman–Crippen MR) is 134 cm³/mol. The van der Waals surface area contributed by atoms with Crippen LogP contribution in [-0.4, -0.2) is 42.2 Å². The zero-order valence-corrected chi connectivity index (χ0v) is 20.3. The number of benzene rings is 2. The summed E-state index contributed by atoms with van der Waals surface area (Å²) in [7, 11) is 0. The molecule has 0 saturated heterocycles.